The molecular weight excluding hydrogens is 346 g/mol. The number of nitrogens with one attached hydrogen (secondary N) is 1. The Morgan fingerprint density at radius 2 is 1.43 bits per heavy atom. The van der Waals surface area contributed by atoms with Crippen LogP contribution < -0.4 is 0 Å². The zero-order valence-electron chi connectivity index (χ0n) is 15.3. The van der Waals surface area contributed by atoms with Crippen molar-refractivity contribution in [1.29, 1.82) is 0 Å². The summed E-state index contributed by atoms with van der Waals surface area (Å²) >= 11 is 0. The summed E-state index contributed by atoms with van der Waals surface area (Å²) in [7, 11) is 0. The molecule has 2 heterocycles. The second kappa shape index (κ2) is 7.12. The van der Waals surface area contributed by atoms with Crippen molar-refractivity contribution in [2.45, 2.75) is 13.0 Å². The molecule has 1 N–H and O–H groups in total. The number of hydrogen-bond acceptors (Lipinski definition) is 3. The van der Waals surface area contributed by atoms with E-state index in [1.807, 2.05) is 36.4 Å². The molecular formula is C23H19N5. The molecule has 5 nitrogen and oxygen atoms in total. The van der Waals surface area contributed by atoms with Crippen molar-refractivity contribution in [2.75, 3.05) is 0 Å². The maximum Gasteiger partial charge on any atom is 0.207 e. The van der Waals surface area contributed by atoms with Crippen LogP contribution in [0.5, 0.6) is 0 Å². The van der Waals surface area contributed by atoms with Gasteiger partial charge in [-0.05, 0) is 22.4 Å². The van der Waals surface area contributed by atoms with Crippen LogP contribution in [0.15, 0.2) is 84.9 Å². The monoisotopic (exact) mass is 365 g/mol. The molecule has 0 aliphatic carbocycles. The quantitative estimate of drug-likeness (QED) is 0.500. The Hall–Kier alpha value is -3.73. The number of fused-ring (bicyclic) bond motifs is 1. The van der Waals surface area contributed by atoms with Gasteiger partial charge in [0.2, 0.25) is 5.82 Å². The van der Waals surface area contributed by atoms with Crippen molar-refractivity contribution < 1.29 is 0 Å². The van der Waals surface area contributed by atoms with Gasteiger partial charge in [-0.3, -0.25) is 0 Å². The van der Waals surface area contributed by atoms with E-state index in [0.29, 0.717) is 12.4 Å². The van der Waals surface area contributed by atoms with Gasteiger partial charge in [-0.2, -0.15) is 4.80 Å². The molecule has 28 heavy (non-hydrogen) atoms. The molecule has 0 radical (unpaired) electrons. The van der Waals surface area contributed by atoms with Crippen LogP contribution in [0.4, 0.5) is 0 Å². The second-order valence-electron chi connectivity index (χ2n) is 6.82. The van der Waals surface area contributed by atoms with Crippen LogP contribution in [0.25, 0.3) is 22.3 Å². The van der Waals surface area contributed by atoms with Gasteiger partial charge in [-0.1, -0.05) is 78.9 Å². The lowest BCUT2D eigenvalue weighted by atomic mass is 10.0. The van der Waals surface area contributed by atoms with Crippen LogP contribution >= 0.6 is 0 Å². The Morgan fingerprint density at radius 3 is 2.21 bits per heavy atom. The van der Waals surface area contributed by atoms with Gasteiger partial charge in [-0.15, -0.1) is 10.2 Å². The lowest BCUT2D eigenvalue weighted by molar-refractivity contribution is 0.573. The average molecular weight is 365 g/mol. The minimum Gasteiger partial charge on any atom is -0.357 e. The molecule has 0 spiro atoms. The predicted octanol–water partition coefficient (Wildman–Crippen LogP) is 4.46. The molecule has 5 aromatic rings. The molecule has 0 atom stereocenters. The number of aromatic amines is 1. The first kappa shape index (κ1) is 16.4. The Balaban J connectivity index is 1.55. The largest absolute Gasteiger partial charge is 0.357 e. The number of hydrogen-bond donors (Lipinski definition) is 1. The Bertz CT molecular complexity index is 1210. The number of para-hydroxylation sites is 1. The second-order valence-corrected chi connectivity index (χ2v) is 6.82. The topological polar surface area (TPSA) is 59.4 Å². The van der Waals surface area contributed by atoms with Crippen LogP contribution in [-0.2, 0) is 13.0 Å². The third-order valence-corrected chi connectivity index (χ3v) is 4.85. The van der Waals surface area contributed by atoms with Gasteiger partial charge in [0.1, 0.15) is 0 Å². The highest BCUT2D eigenvalue weighted by Gasteiger charge is 2.18. The summed E-state index contributed by atoms with van der Waals surface area (Å²) in [6.45, 7) is 0.601. The number of H-pyrrole nitrogens is 1. The number of benzene rings is 3. The predicted molar refractivity (Wildman–Crippen MR) is 110 cm³/mol. The molecule has 5 rings (SSSR count). The van der Waals surface area contributed by atoms with Crippen LogP contribution in [-0.4, -0.2) is 25.2 Å². The lowest BCUT2D eigenvalue weighted by Gasteiger charge is -2.02. The summed E-state index contributed by atoms with van der Waals surface area (Å²) in [5.74, 6) is 0.652. The number of rotatable bonds is 5. The van der Waals surface area contributed by atoms with Crippen LogP contribution in [0, 0.1) is 0 Å². The van der Waals surface area contributed by atoms with E-state index in [0.717, 1.165) is 34.1 Å². The van der Waals surface area contributed by atoms with E-state index in [1.54, 1.807) is 4.80 Å². The molecule has 0 saturated carbocycles. The van der Waals surface area contributed by atoms with Crippen LogP contribution in [0.3, 0.4) is 0 Å². The van der Waals surface area contributed by atoms with E-state index in [-0.39, 0.29) is 0 Å². The van der Waals surface area contributed by atoms with Gasteiger partial charge in [0.15, 0.2) is 0 Å². The standard InChI is InChI=1S/C23H19N5/c1-3-9-17(10-4-1)15-21-22(19-13-7-8-14-20(19)24-21)23-25-27-28(26-23)16-18-11-5-2-6-12-18/h1-14,24H,15-16H2. The van der Waals surface area contributed by atoms with E-state index in [1.165, 1.54) is 5.56 Å². The molecule has 2 aromatic heterocycles. The summed E-state index contributed by atoms with van der Waals surface area (Å²) < 4.78 is 0. The highest BCUT2D eigenvalue weighted by molar-refractivity contribution is 5.95. The van der Waals surface area contributed by atoms with E-state index in [4.69, 9.17) is 0 Å². The smallest absolute Gasteiger partial charge is 0.207 e. The van der Waals surface area contributed by atoms with Crippen LogP contribution in [0.1, 0.15) is 16.8 Å². The fourth-order valence-corrected chi connectivity index (χ4v) is 3.54. The molecule has 5 heteroatoms. The fourth-order valence-electron chi connectivity index (χ4n) is 3.54. The minimum absolute atomic E-state index is 0.601. The number of aromatic nitrogens is 5. The fraction of sp³-hybridized carbons (Fsp3) is 0.0870. The normalized spacial score (nSPS) is 11.1. The van der Waals surface area contributed by atoms with Crippen molar-refractivity contribution >= 4 is 10.9 Å². The molecule has 0 saturated heterocycles. The van der Waals surface area contributed by atoms with Gasteiger partial charge in [0, 0.05) is 23.0 Å². The third kappa shape index (κ3) is 3.18. The van der Waals surface area contributed by atoms with Gasteiger partial charge in [-0.25, -0.2) is 0 Å². The summed E-state index contributed by atoms with van der Waals surface area (Å²) in [6.07, 6.45) is 0.790. The Morgan fingerprint density at radius 1 is 0.750 bits per heavy atom. The van der Waals surface area contributed by atoms with Gasteiger partial charge in [0.05, 0.1) is 12.1 Å². The molecule has 0 fully saturated rings. The van der Waals surface area contributed by atoms with Crippen molar-refractivity contribution in [3.63, 3.8) is 0 Å². The van der Waals surface area contributed by atoms with Crippen molar-refractivity contribution in [3.8, 4) is 11.4 Å². The van der Waals surface area contributed by atoms with Crippen molar-refractivity contribution in [2.24, 2.45) is 0 Å². The summed E-state index contributed by atoms with van der Waals surface area (Å²) in [4.78, 5) is 5.20. The maximum atomic E-state index is 4.67. The molecule has 0 unspecified atom stereocenters. The zero-order chi connectivity index (χ0) is 18.8. The number of tetrazole rings is 1. The highest BCUT2D eigenvalue weighted by Crippen LogP contribution is 2.31. The molecule has 3 aromatic carbocycles. The van der Waals surface area contributed by atoms with Crippen molar-refractivity contribution in [1.82, 2.24) is 25.2 Å². The van der Waals surface area contributed by atoms with E-state index in [2.05, 4.69) is 68.9 Å². The first-order valence-electron chi connectivity index (χ1n) is 9.32. The maximum absolute atomic E-state index is 4.67. The molecule has 136 valence electrons. The first-order chi connectivity index (χ1) is 13.9. The third-order valence-electron chi connectivity index (χ3n) is 4.85. The highest BCUT2D eigenvalue weighted by atomic mass is 15.6. The van der Waals surface area contributed by atoms with E-state index in [9.17, 15) is 0 Å². The first-order valence-corrected chi connectivity index (χ1v) is 9.32. The molecule has 0 amide bonds. The molecule has 0 aliphatic rings. The van der Waals surface area contributed by atoms with Crippen LogP contribution in [0.2, 0.25) is 0 Å². The Kier molecular flexibility index (Phi) is 4.18. The van der Waals surface area contributed by atoms with Gasteiger partial charge >= 0.3 is 0 Å². The minimum atomic E-state index is 0.601. The van der Waals surface area contributed by atoms with Gasteiger partial charge in [0.25, 0.3) is 0 Å². The average Bonchev–Trinajstić information content (AvgIpc) is 3.33. The van der Waals surface area contributed by atoms with Crippen molar-refractivity contribution in [3.05, 3.63) is 102 Å². The summed E-state index contributed by atoms with van der Waals surface area (Å²) in [6, 6.07) is 28.9. The SMILES string of the molecule is c1ccc(Cc2[nH]c3ccccc3c2-c2nnn(Cc3ccccc3)n2)cc1. The lowest BCUT2D eigenvalue weighted by Crippen LogP contribution is -2.03. The number of nitrogens with zero attached hydrogens (tertiary/aromatic N) is 4. The van der Waals surface area contributed by atoms with Gasteiger partial charge < -0.3 is 4.98 Å². The summed E-state index contributed by atoms with van der Waals surface area (Å²) in [5, 5.41) is 14.4. The Labute approximate surface area is 162 Å². The molecule has 0 aliphatic heterocycles. The van der Waals surface area contributed by atoms with E-state index >= 15 is 0 Å². The zero-order valence-corrected chi connectivity index (χ0v) is 15.3. The molecule has 0 bridgehead atoms. The van der Waals surface area contributed by atoms with E-state index < -0.39 is 0 Å². The summed E-state index contributed by atoms with van der Waals surface area (Å²) in [5.41, 5.74) is 5.61.